The molecule has 0 radical (unpaired) electrons. The van der Waals surface area contributed by atoms with Crippen molar-refractivity contribution in [3.8, 4) is 11.6 Å². The van der Waals surface area contributed by atoms with Crippen molar-refractivity contribution in [1.29, 1.82) is 0 Å². The fraction of sp³-hybridized carbons (Fsp3) is 0.158. The van der Waals surface area contributed by atoms with E-state index < -0.39 is 24.4 Å². The first kappa shape index (κ1) is 21.2. The molecule has 0 saturated heterocycles. The number of rotatable bonds is 6. The molecule has 1 heterocycles. The second-order valence-corrected chi connectivity index (χ2v) is 7.15. The maximum absolute atomic E-state index is 13.1. The van der Waals surface area contributed by atoms with Crippen molar-refractivity contribution in [3.63, 3.8) is 0 Å². The average Bonchev–Trinajstić information content (AvgIpc) is 3.10. The molecule has 0 saturated carbocycles. The van der Waals surface area contributed by atoms with E-state index in [1.807, 2.05) is 24.3 Å². The Bertz CT molecular complexity index is 1020. The summed E-state index contributed by atoms with van der Waals surface area (Å²) in [6.07, 6.45) is -4.67. The van der Waals surface area contributed by atoms with E-state index in [0.717, 1.165) is 20.8 Å². The standard InChI is InChI=1S/C19H14BrClF3N3O2/c20-13-6-2-1-5-12(13)10-25-17(28)11-29-18-9-16(19(22,23)24)26-27(18)15-8-4-3-7-14(15)21/h1-9H,10-11H2,(H,25,28). The molecule has 0 aliphatic carbocycles. The number of benzene rings is 2. The van der Waals surface area contributed by atoms with Gasteiger partial charge in [-0.2, -0.15) is 23.0 Å². The van der Waals surface area contributed by atoms with Crippen LogP contribution in [-0.4, -0.2) is 22.3 Å². The lowest BCUT2D eigenvalue weighted by molar-refractivity contribution is -0.141. The Balaban J connectivity index is 1.74. The van der Waals surface area contributed by atoms with E-state index in [1.165, 1.54) is 12.1 Å². The Hall–Kier alpha value is -2.52. The molecule has 0 unspecified atom stereocenters. The molecule has 10 heteroatoms. The van der Waals surface area contributed by atoms with E-state index in [4.69, 9.17) is 16.3 Å². The summed E-state index contributed by atoms with van der Waals surface area (Å²) in [5.41, 5.74) is -0.101. The molecular weight excluding hydrogens is 475 g/mol. The molecule has 1 N–H and O–H groups in total. The maximum Gasteiger partial charge on any atom is 0.435 e. The largest absolute Gasteiger partial charge is 0.467 e. The summed E-state index contributed by atoms with van der Waals surface area (Å²) in [6.45, 7) is -0.251. The third-order valence-electron chi connectivity index (χ3n) is 3.83. The van der Waals surface area contributed by atoms with E-state index in [2.05, 4.69) is 26.3 Å². The van der Waals surface area contributed by atoms with E-state index in [-0.39, 0.29) is 23.1 Å². The van der Waals surface area contributed by atoms with Crippen LogP contribution in [0.2, 0.25) is 5.02 Å². The van der Waals surface area contributed by atoms with Crippen LogP contribution >= 0.6 is 27.5 Å². The van der Waals surface area contributed by atoms with Gasteiger partial charge in [0.25, 0.3) is 5.91 Å². The zero-order valence-electron chi connectivity index (χ0n) is 14.7. The Morgan fingerprint density at radius 1 is 1.17 bits per heavy atom. The van der Waals surface area contributed by atoms with Crippen molar-refractivity contribution in [2.24, 2.45) is 0 Å². The summed E-state index contributed by atoms with van der Waals surface area (Å²) < 4.78 is 46.4. The maximum atomic E-state index is 13.1. The Morgan fingerprint density at radius 3 is 2.55 bits per heavy atom. The monoisotopic (exact) mass is 487 g/mol. The van der Waals surface area contributed by atoms with E-state index in [9.17, 15) is 18.0 Å². The van der Waals surface area contributed by atoms with E-state index in [1.54, 1.807) is 12.1 Å². The molecule has 152 valence electrons. The number of aromatic nitrogens is 2. The van der Waals surface area contributed by atoms with Crippen LogP contribution in [0.3, 0.4) is 0 Å². The van der Waals surface area contributed by atoms with Gasteiger partial charge in [0.05, 0.1) is 10.7 Å². The first-order valence-corrected chi connectivity index (χ1v) is 9.48. The predicted octanol–water partition coefficient (Wildman–Crippen LogP) is 5.00. The van der Waals surface area contributed by atoms with Crippen molar-refractivity contribution in [3.05, 3.63) is 75.4 Å². The smallest absolute Gasteiger partial charge is 0.435 e. The van der Waals surface area contributed by atoms with Crippen molar-refractivity contribution < 1.29 is 22.7 Å². The molecule has 0 atom stereocenters. The third kappa shape index (κ3) is 5.30. The molecule has 0 bridgehead atoms. The molecule has 0 fully saturated rings. The minimum absolute atomic E-state index is 0.188. The summed E-state index contributed by atoms with van der Waals surface area (Å²) in [4.78, 5) is 12.1. The normalized spacial score (nSPS) is 11.3. The van der Waals surface area contributed by atoms with Crippen LogP contribution in [-0.2, 0) is 17.5 Å². The number of hydrogen-bond donors (Lipinski definition) is 1. The van der Waals surface area contributed by atoms with E-state index in [0.29, 0.717) is 0 Å². The number of para-hydroxylation sites is 1. The fourth-order valence-corrected chi connectivity index (χ4v) is 3.07. The number of nitrogens with zero attached hydrogens (tertiary/aromatic N) is 2. The third-order valence-corrected chi connectivity index (χ3v) is 4.93. The highest BCUT2D eigenvalue weighted by atomic mass is 79.9. The summed E-state index contributed by atoms with van der Waals surface area (Å²) >= 11 is 9.44. The molecule has 0 spiro atoms. The Labute approximate surface area is 177 Å². The predicted molar refractivity (Wildman–Crippen MR) is 105 cm³/mol. The van der Waals surface area contributed by atoms with Crippen LogP contribution < -0.4 is 10.1 Å². The highest BCUT2D eigenvalue weighted by Crippen LogP contribution is 2.33. The first-order chi connectivity index (χ1) is 13.8. The number of carbonyl (C=O) groups excluding carboxylic acids is 1. The van der Waals surface area contributed by atoms with Crippen molar-refractivity contribution in [2.45, 2.75) is 12.7 Å². The lowest BCUT2D eigenvalue weighted by Gasteiger charge is -2.11. The first-order valence-electron chi connectivity index (χ1n) is 8.31. The van der Waals surface area contributed by atoms with Crippen molar-refractivity contribution >= 4 is 33.4 Å². The molecule has 3 aromatic rings. The number of amides is 1. The van der Waals surface area contributed by atoms with Crippen LogP contribution in [0.15, 0.2) is 59.1 Å². The van der Waals surface area contributed by atoms with Crippen LogP contribution in [0.25, 0.3) is 5.69 Å². The van der Waals surface area contributed by atoms with Crippen molar-refractivity contribution in [2.75, 3.05) is 6.61 Å². The zero-order valence-corrected chi connectivity index (χ0v) is 17.1. The minimum atomic E-state index is -4.67. The van der Waals surface area contributed by atoms with Gasteiger partial charge in [0.15, 0.2) is 12.3 Å². The summed E-state index contributed by atoms with van der Waals surface area (Å²) in [6, 6.07) is 14.3. The molecule has 2 aromatic carbocycles. The average molecular weight is 489 g/mol. The van der Waals surface area contributed by atoms with Crippen LogP contribution in [0.1, 0.15) is 11.3 Å². The quantitative estimate of drug-likeness (QED) is 0.531. The van der Waals surface area contributed by atoms with Gasteiger partial charge in [0.1, 0.15) is 0 Å². The van der Waals surface area contributed by atoms with Gasteiger partial charge in [-0.15, -0.1) is 0 Å². The number of halogens is 5. The highest BCUT2D eigenvalue weighted by Gasteiger charge is 2.36. The lowest BCUT2D eigenvalue weighted by Crippen LogP contribution is -2.28. The zero-order chi connectivity index (χ0) is 21.0. The molecule has 5 nitrogen and oxygen atoms in total. The summed E-state index contributed by atoms with van der Waals surface area (Å²) in [5.74, 6) is -0.748. The SMILES string of the molecule is O=C(COc1cc(C(F)(F)F)nn1-c1ccccc1Cl)NCc1ccccc1Br. The van der Waals surface area contributed by atoms with Gasteiger partial charge in [-0.1, -0.05) is 57.9 Å². The second kappa shape index (κ2) is 8.87. The Morgan fingerprint density at radius 2 is 1.86 bits per heavy atom. The van der Waals surface area contributed by atoms with Crippen LogP contribution in [0.5, 0.6) is 5.88 Å². The molecule has 1 aromatic heterocycles. The number of carbonyl (C=O) groups is 1. The topological polar surface area (TPSA) is 56.1 Å². The fourth-order valence-electron chi connectivity index (χ4n) is 2.43. The molecule has 29 heavy (non-hydrogen) atoms. The van der Waals surface area contributed by atoms with Gasteiger partial charge >= 0.3 is 6.18 Å². The van der Waals surface area contributed by atoms with Gasteiger partial charge in [0.2, 0.25) is 5.88 Å². The van der Waals surface area contributed by atoms with Gasteiger partial charge in [0, 0.05) is 17.1 Å². The van der Waals surface area contributed by atoms with Crippen LogP contribution in [0.4, 0.5) is 13.2 Å². The highest BCUT2D eigenvalue weighted by molar-refractivity contribution is 9.10. The van der Waals surface area contributed by atoms with Gasteiger partial charge < -0.3 is 10.1 Å². The number of alkyl halides is 3. The second-order valence-electron chi connectivity index (χ2n) is 5.89. The minimum Gasteiger partial charge on any atom is -0.467 e. The van der Waals surface area contributed by atoms with Crippen molar-refractivity contribution in [1.82, 2.24) is 15.1 Å². The molecule has 3 rings (SSSR count). The number of hydrogen-bond acceptors (Lipinski definition) is 3. The van der Waals surface area contributed by atoms with Gasteiger partial charge in [-0.05, 0) is 23.8 Å². The molecule has 0 aliphatic heterocycles. The number of ether oxygens (including phenoxy) is 1. The van der Waals surface area contributed by atoms with E-state index >= 15 is 0 Å². The Kier molecular flexibility index (Phi) is 6.49. The molecule has 0 aliphatic rings. The molecule has 1 amide bonds. The molecular formula is C19H14BrClF3N3O2. The van der Waals surface area contributed by atoms with Crippen LogP contribution in [0, 0.1) is 0 Å². The number of nitrogens with one attached hydrogen (secondary N) is 1. The van der Waals surface area contributed by atoms with Gasteiger partial charge in [-0.25, -0.2) is 0 Å². The van der Waals surface area contributed by atoms with Gasteiger partial charge in [-0.3, -0.25) is 4.79 Å². The lowest BCUT2D eigenvalue weighted by atomic mass is 10.2. The summed E-state index contributed by atoms with van der Waals surface area (Å²) in [5, 5.41) is 6.37. The summed E-state index contributed by atoms with van der Waals surface area (Å²) in [7, 11) is 0.